The molecule has 0 aromatic rings. The highest BCUT2D eigenvalue weighted by Gasteiger charge is 2.19. The largest absolute Gasteiger partial charge is 0.313 e. The fourth-order valence-corrected chi connectivity index (χ4v) is 3.14. The highest BCUT2D eigenvalue weighted by molar-refractivity contribution is 4.90. The number of rotatable bonds is 5. The summed E-state index contributed by atoms with van der Waals surface area (Å²) in [5.74, 6) is 3.68. The molecule has 0 atom stereocenters. The summed E-state index contributed by atoms with van der Waals surface area (Å²) in [5.41, 5.74) is 0. The van der Waals surface area contributed by atoms with Crippen molar-refractivity contribution in [3.8, 4) is 12.3 Å². The maximum Gasteiger partial charge on any atom is 0.0598 e. The lowest BCUT2D eigenvalue weighted by Crippen LogP contribution is -2.45. The first-order chi connectivity index (χ1) is 9.28. The van der Waals surface area contributed by atoms with Crippen LogP contribution in [0.1, 0.15) is 32.6 Å². The predicted molar refractivity (Wildman–Crippen MR) is 81.1 cm³/mol. The van der Waals surface area contributed by atoms with Gasteiger partial charge in [0.2, 0.25) is 0 Å². The van der Waals surface area contributed by atoms with Crippen molar-refractivity contribution in [1.29, 1.82) is 0 Å². The average Bonchev–Trinajstić information content (AvgIpc) is 2.43. The minimum atomic E-state index is 0.706. The molecule has 3 heteroatoms. The molecule has 1 N–H and O–H groups in total. The van der Waals surface area contributed by atoms with E-state index in [0.717, 1.165) is 32.1 Å². The van der Waals surface area contributed by atoms with E-state index >= 15 is 0 Å². The van der Waals surface area contributed by atoms with E-state index in [1.54, 1.807) is 0 Å². The summed E-state index contributed by atoms with van der Waals surface area (Å²) in [4.78, 5) is 4.99. The zero-order chi connectivity index (χ0) is 13.5. The Labute approximate surface area is 118 Å². The molecule has 0 spiro atoms. The number of hydrogen-bond acceptors (Lipinski definition) is 3. The van der Waals surface area contributed by atoms with E-state index < -0.39 is 0 Å². The van der Waals surface area contributed by atoms with Crippen molar-refractivity contribution in [3.63, 3.8) is 0 Å². The third-order valence-corrected chi connectivity index (χ3v) is 4.64. The number of hydrogen-bond donors (Lipinski definition) is 1. The van der Waals surface area contributed by atoms with Crippen LogP contribution in [0.25, 0.3) is 0 Å². The molecule has 2 aliphatic rings. The first-order valence-electron chi connectivity index (χ1n) is 7.89. The van der Waals surface area contributed by atoms with Crippen molar-refractivity contribution in [2.45, 2.75) is 38.6 Å². The van der Waals surface area contributed by atoms with Crippen LogP contribution in [0, 0.1) is 18.3 Å². The second-order valence-corrected chi connectivity index (χ2v) is 6.23. The van der Waals surface area contributed by atoms with Gasteiger partial charge in [-0.05, 0) is 44.7 Å². The van der Waals surface area contributed by atoms with E-state index in [-0.39, 0.29) is 0 Å². The Morgan fingerprint density at radius 3 is 2.32 bits per heavy atom. The van der Waals surface area contributed by atoms with Gasteiger partial charge in [-0.2, -0.15) is 0 Å². The van der Waals surface area contributed by atoms with E-state index in [1.807, 2.05) is 0 Å². The molecule has 0 aromatic carbocycles. The SMILES string of the molecule is C#CCN1CCC(NCCN2CCC(C)CC2)CC1. The van der Waals surface area contributed by atoms with Crippen LogP contribution in [0.5, 0.6) is 0 Å². The fraction of sp³-hybridized carbons (Fsp3) is 0.875. The molecule has 0 amide bonds. The van der Waals surface area contributed by atoms with Crippen LogP contribution in [0.15, 0.2) is 0 Å². The van der Waals surface area contributed by atoms with Crippen LogP contribution in [-0.2, 0) is 0 Å². The predicted octanol–water partition coefficient (Wildman–Crippen LogP) is 1.41. The van der Waals surface area contributed by atoms with Crippen molar-refractivity contribution in [2.75, 3.05) is 45.8 Å². The standard InChI is InChI=1S/C16H29N3/c1-3-9-18-12-6-16(7-13-18)17-8-14-19-10-4-15(2)5-11-19/h1,15-17H,4-14H2,2H3. The van der Waals surface area contributed by atoms with E-state index in [4.69, 9.17) is 6.42 Å². The Balaban J connectivity index is 1.53. The normalized spacial score (nSPS) is 24.4. The van der Waals surface area contributed by atoms with Gasteiger partial charge in [-0.25, -0.2) is 0 Å². The molecule has 0 saturated carbocycles. The Hall–Kier alpha value is -0.560. The van der Waals surface area contributed by atoms with Gasteiger partial charge in [-0.1, -0.05) is 12.8 Å². The molecule has 0 radical (unpaired) electrons. The molecule has 19 heavy (non-hydrogen) atoms. The lowest BCUT2D eigenvalue weighted by Gasteiger charge is -2.33. The van der Waals surface area contributed by atoms with E-state index in [2.05, 4.69) is 28.0 Å². The number of piperidine rings is 2. The molecule has 2 saturated heterocycles. The molecular weight excluding hydrogens is 234 g/mol. The average molecular weight is 263 g/mol. The zero-order valence-corrected chi connectivity index (χ0v) is 12.4. The van der Waals surface area contributed by atoms with Gasteiger partial charge >= 0.3 is 0 Å². The highest BCUT2D eigenvalue weighted by Crippen LogP contribution is 2.15. The minimum Gasteiger partial charge on any atom is -0.313 e. The monoisotopic (exact) mass is 263 g/mol. The molecule has 0 unspecified atom stereocenters. The number of likely N-dealkylation sites (tertiary alicyclic amines) is 2. The maximum atomic E-state index is 5.35. The van der Waals surface area contributed by atoms with E-state index in [1.165, 1.54) is 45.3 Å². The van der Waals surface area contributed by atoms with Crippen LogP contribution < -0.4 is 5.32 Å². The molecular formula is C16H29N3. The van der Waals surface area contributed by atoms with Crippen molar-refractivity contribution >= 4 is 0 Å². The van der Waals surface area contributed by atoms with E-state index in [0.29, 0.717) is 6.04 Å². The van der Waals surface area contributed by atoms with Gasteiger partial charge in [0.15, 0.2) is 0 Å². The van der Waals surface area contributed by atoms with Crippen LogP contribution in [0.4, 0.5) is 0 Å². The quantitative estimate of drug-likeness (QED) is 0.757. The summed E-state index contributed by atoms with van der Waals surface area (Å²) >= 11 is 0. The van der Waals surface area contributed by atoms with Crippen molar-refractivity contribution in [3.05, 3.63) is 0 Å². The molecule has 0 bridgehead atoms. The van der Waals surface area contributed by atoms with Gasteiger partial charge in [-0.15, -0.1) is 6.42 Å². The Kier molecular flexibility index (Phi) is 6.16. The summed E-state index contributed by atoms with van der Waals surface area (Å²) in [6.45, 7) is 10.5. The van der Waals surface area contributed by atoms with Crippen molar-refractivity contribution < 1.29 is 0 Å². The van der Waals surface area contributed by atoms with Gasteiger partial charge in [0.25, 0.3) is 0 Å². The molecule has 0 aliphatic carbocycles. The van der Waals surface area contributed by atoms with Crippen LogP contribution in [0.2, 0.25) is 0 Å². The molecule has 108 valence electrons. The summed E-state index contributed by atoms with van der Waals surface area (Å²) in [6.07, 6.45) is 10.6. The first kappa shape index (κ1) is 14.8. The van der Waals surface area contributed by atoms with E-state index in [9.17, 15) is 0 Å². The number of nitrogens with one attached hydrogen (secondary N) is 1. The third kappa shape index (κ3) is 5.14. The molecule has 2 aliphatic heterocycles. The van der Waals surface area contributed by atoms with Gasteiger partial charge < -0.3 is 10.2 Å². The molecule has 2 fully saturated rings. The first-order valence-corrected chi connectivity index (χ1v) is 7.89. The number of terminal acetylenes is 1. The third-order valence-electron chi connectivity index (χ3n) is 4.64. The fourth-order valence-electron chi connectivity index (χ4n) is 3.14. The smallest absolute Gasteiger partial charge is 0.0598 e. The van der Waals surface area contributed by atoms with Crippen molar-refractivity contribution in [2.24, 2.45) is 5.92 Å². The van der Waals surface area contributed by atoms with Crippen molar-refractivity contribution in [1.82, 2.24) is 15.1 Å². The Morgan fingerprint density at radius 1 is 1.05 bits per heavy atom. The second-order valence-electron chi connectivity index (χ2n) is 6.23. The summed E-state index contributed by atoms with van der Waals surface area (Å²) in [7, 11) is 0. The van der Waals surface area contributed by atoms with Gasteiger partial charge in [0.05, 0.1) is 6.54 Å². The highest BCUT2D eigenvalue weighted by atomic mass is 15.2. The van der Waals surface area contributed by atoms with Crippen LogP contribution in [0.3, 0.4) is 0 Å². The lowest BCUT2D eigenvalue weighted by atomic mass is 9.99. The van der Waals surface area contributed by atoms with Crippen LogP contribution >= 0.6 is 0 Å². The summed E-state index contributed by atoms with van der Waals surface area (Å²) in [5, 5.41) is 3.72. The van der Waals surface area contributed by atoms with Crippen LogP contribution in [-0.4, -0.2) is 61.7 Å². The lowest BCUT2D eigenvalue weighted by molar-refractivity contribution is 0.181. The zero-order valence-electron chi connectivity index (χ0n) is 12.4. The molecule has 0 aromatic heterocycles. The summed E-state index contributed by atoms with van der Waals surface area (Å²) in [6, 6.07) is 0.706. The molecule has 2 rings (SSSR count). The van der Waals surface area contributed by atoms with Gasteiger partial charge in [0.1, 0.15) is 0 Å². The topological polar surface area (TPSA) is 18.5 Å². The molecule has 2 heterocycles. The number of nitrogens with zero attached hydrogens (tertiary/aromatic N) is 2. The second kappa shape index (κ2) is 7.89. The minimum absolute atomic E-state index is 0.706. The molecule has 3 nitrogen and oxygen atoms in total. The Morgan fingerprint density at radius 2 is 1.68 bits per heavy atom. The summed E-state index contributed by atoms with van der Waals surface area (Å²) < 4.78 is 0. The van der Waals surface area contributed by atoms with Gasteiger partial charge in [0, 0.05) is 32.2 Å². The van der Waals surface area contributed by atoms with Gasteiger partial charge in [-0.3, -0.25) is 4.90 Å². The Bertz CT molecular complexity index is 281. The maximum absolute atomic E-state index is 5.35.